The monoisotopic (exact) mass is 399 g/mol. The van der Waals surface area contributed by atoms with Crippen LogP contribution in [0.4, 0.5) is 20.3 Å². The van der Waals surface area contributed by atoms with Crippen molar-refractivity contribution in [2.24, 2.45) is 0 Å². The van der Waals surface area contributed by atoms with Crippen molar-refractivity contribution in [1.29, 1.82) is 0 Å². The number of halogens is 2. The molecule has 5 nitrogen and oxygen atoms in total. The van der Waals surface area contributed by atoms with Gasteiger partial charge in [-0.25, -0.2) is 13.8 Å². The first kappa shape index (κ1) is 20.7. The molecule has 7 heteroatoms. The van der Waals surface area contributed by atoms with E-state index in [1.165, 1.54) is 6.20 Å². The van der Waals surface area contributed by atoms with Gasteiger partial charge in [0.15, 0.2) is 0 Å². The molecule has 0 radical (unpaired) electrons. The van der Waals surface area contributed by atoms with Crippen LogP contribution in [0.5, 0.6) is 0 Å². The fraction of sp³-hybridized carbons (Fsp3) is 0.364. The van der Waals surface area contributed by atoms with Crippen molar-refractivity contribution in [2.45, 2.75) is 32.1 Å². The van der Waals surface area contributed by atoms with Gasteiger partial charge in [-0.2, -0.15) is 0 Å². The van der Waals surface area contributed by atoms with E-state index in [0.717, 1.165) is 0 Å². The minimum Gasteiger partial charge on any atom is -0.384 e. The highest BCUT2D eigenvalue weighted by molar-refractivity contribution is 6.09. The van der Waals surface area contributed by atoms with Gasteiger partial charge in [-0.05, 0) is 31.0 Å². The topological polar surface area (TPSA) is 65.5 Å². The molecule has 2 aromatic rings. The Morgan fingerprint density at radius 1 is 1.28 bits per heavy atom. The largest absolute Gasteiger partial charge is 0.384 e. The third-order valence-corrected chi connectivity index (χ3v) is 4.90. The highest BCUT2D eigenvalue weighted by Gasteiger charge is 2.33. The van der Waals surface area contributed by atoms with Crippen molar-refractivity contribution in [2.75, 3.05) is 29.9 Å². The van der Waals surface area contributed by atoms with Crippen LogP contribution in [-0.4, -0.2) is 41.6 Å². The normalized spacial score (nSPS) is 15.8. The SMILES string of the molecule is Cc1c(C#CCO)cnc(N2CCCC(F)(F)CC2)c1C(=O)Nc1ccccc1. The molecule has 0 bridgehead atoms. The summed E-state index contributed by atoms with van der Waals surface area (Å²) in [6, 6.07) is 8.99. The molecule has 0 atom stereocenters. The first-order valence-corrected chi connectivity index (χ1v) is 9.50. The fourth-order valence-corrected chi connectivity index (χ4v) is 3.35. The smallest absolute Gasteiger partial charge is 0.259 e. The van der Waals surface area contributed by atoms with Crippen molar-refractivity contribution in [3.8, 4) is 11.8 Å². The minimum atomic E-state index is -2.71. The molecule has 29 heavy (non-hydrogen) atoms. The maximum atomic E-state index is 13.8. The van der Waals surface area contributed by atoms with Gasteiger partial charge in [-0.3, -0.25) is 4.79 Å². The predicted octanol–water partition coefficient (Wildman–Crippen LogP) is 3.61. The Bertz CT molecular complexity index is 936. The van der Waals surface area contributed by atoms with Crippen LogP contribution in [0.2, 0.25) is 0 Å². The summed E-state index contributed by atoms with van der Waals surface area (Å²) in [5, 5.41) is 11.8. The quantitative estimate of drug-likeness (QED) is 0.774. The lowest BCUT2D eigenvalue weighted by Crippen LogP contribution is -2.30. The number of alkyl halides is 2. The summed E-state index contributed by atoms with van der Waals surface area (Å²) in [7, 11) is 0. The van der Waals surface area contributed by atoms with Gasteiger partial charge in [0.05, 0.1) is 5.56 Å². The summed E-state index contributed by atoms with van der Waals surface area (Å²) in [6.07, 6.45) is 1.39. The van der Waals surface area contributed by atoms with Crippen molar-refractivity contribution < 1.29 is 18.7 Å². The number of nitrogens with one attached hydrogen (secondary N) is 1. The van der Waals surface area contributed by atoms with Crippen LogP contribution < -0.4 is 10.2 Å². The van der Waals surface area contributed by atoms with Gasteiger partial charge in [-0.1, -0.05) is 30.0 Å². The summed E-state index contributed by atoms with van der Waals surface area (Å²) in [6.45, 7) is 1.95. The molecule has 1 aromatic heterocycles. The summed E-state index contributed by atoms with van der Waals surface area (Å²) < 4.78 is 27.6. The van der Waals surface area contributed by atoms with Crippen LogP contribution in [0.15, 0.2) is 36.5 Å². The molecule has 2 heterocycles. The molecule has 3 rings (SSSR count). The number of hydrogen-bond acceptors (Lipinski definition) is 4. The summed E-state index contributed by atoms with van der Waals surface area (Å²) in [4.78, 5) is 19.3. The van der Waals surface area contributed by atoms with Crippen molar-refractivity contribution >= 4 is 17.4 Å². The first-order chi connectivity index (χ1) is 13.9. The van der Waals surface area contributed by atoms with E-state index in [1.54, 1.807) is 24.0 Å². The number of para-hydroxylation sites is 1. The Kier molecular flexibility index (Phi) is 6.45. The number of carbonyl (C=O) groups excluding carboxylic acids is 1. The number of aromatic nitrogens is 1. The Balaban J connectivity index is 2.01. The average molecular weight is 399 g/mol. The number of amides is 1. The van der Waals surface area contributed by atoms with E-state index in [1.807, 2.05) is 18.2 Å². The molecule has 152 valence electrons. The lowest BCUT2D eigenvalue weighted by Gasteiger charge is -2.25. The molecule has 0 aliphatic carbocycles. The minimum absolute atomic E-state index is 0.118. The second kappa shape index (κ2) is 9.01. The number of rotatable bonds is 3. The molecule has 0 unspecified atom stereocenters. The van der Waals surface area contributed by atoms with E-state index < -0.39 is 5.92 Å². The van der Waals surface area contributed by atoms with Gasteiger partial charge in [0.1, 0.15) is 12.4 Å². The molecule has 2 N–H and O–H groups in total. The molecule has 1 aromatic carbocycles. The standard InChI is InChI=1S/C22H23F2N3O2/c1-16-17(7-5-14-28)15-25-20(27-12-6-10-22(23,24)11-13-27)19(16)21(29)26-18-8-3-2-4-9-18/h2-4,8-9,15,28H,6,10-14H2,1H3,(H,26,29). The summed E-state index contributed by atoms with van der Waals surface area (Å²) in [5.41, 5.74) is 2.04. The number of pyridine rings is 1. The van der Waals surface area contributed by atoms with E-state index in [4.69, 9.17) is 5.11 Å². The molecular formula is C22H23F2N3O2. The number of carbonyl (C=O) groups is 1. The zero-order valence-corrected chi connectivity index (χ0v) is 16.2. The van der Waals surface area contributed by atoms with Crippen molar-refractivity contribution in [3.05, 3.63) is 53.2 Å². The second-order valence-corrected chi connectivity index (χ2v) is 6.97. The fourth-order valence-electron chi connectivity index (χ4n) is 3.35. The molecule has 1 aliphatic rings. The zero-order chi connectivity index (χ0) is 20.9. The number of aliphatic hydroxyl groups is 1. The van der Waals surface area contributed by atoms with Crippen LogP contribution in [0.1, 0.15) is 40.7 Å². The van der Waals surface area contributed by atoms with Crippen LogP contribution in [0.3, 0.4) is 0 Å². The van der Waals surface area contributed by atoms with Crippen LogP contribution in [0.25, 0.3) is 0 Å². The van der Waals surface area contributed by atoms with E-state index in [0.29, 0.717) is 41.2 Å². The molecule has 0 spiro atoms. The highest BCUT2D eigenvalue weighted by atomic mass is 19.3. The highest BCUT2D eigenvalue weighted by Crippen LogP contribution is 2.32. The Morgan fingerprint density at radius 3 is 2.76 bits per heavy atom. The van der Waals surface area contributed by atoms with Crippen molar-refractivity contribution in [1.82, 2.24) is 4.98 Å². The maximum Gasteiger partial charge on any atom is 0.259 e. The maximum absolute atomic E-state index is 13.8. The van der Waals surface area contributed by atoms with E-state index in [9.17, 15) is 13.6 Å². The van der Waals surface area contributed by atoms with Gasteiger partial charge in [0, 0.05) is 43.4 Å². The Labute approximate surface area is 168 Å². The van der Waals surface area contributed by atoms with Crippen LogP contribution in [0, 0.1) is 18.8 Å². The lowest BCUT2D eigenvalue weighted by molar-refractivity contribution is -0.0102. The van der Waals surface area contributed by atoms with Gasteiger partial charge < -0.3 is 15.3 Å². The van der Waals surface area contributed by atoms with Gasteiger partial charge >= 0.3 is 0 Å². The Morgan fingerprint density at radius 2 is 2.03 bits per heavy atom. The lowest BCUT2D eigenvalue weighted by atomic mass is 10.0. The van der Waals surface area contributed by atoms with E-state index in [2.05, 4.69) is 22.1 Å². The van der Waals surface area contributed by atoms with Crippen LogP contribution >= 0.6 is 0 Å². The number of aliphatic hydroxyl groups excluding tert-OH is 1. The Hall–Kier alpha value is -2.98. The number of benzene rings is 1. The third kappa shape index (κ3) is 5.09. The summed E-state index contributed by atoms with van der Waals surface area (Å²) >= 11 is 0. The van der Waals surface area contributed by atoms with Gasteiger partial charge in [0.2, 0.25) is 5.92 Å². The van der Waals surface area contributed by atoms with Gasteiger partial charge in [-0.15, -0.1) is 0 Å². The first-order valence-electron chi connectivity index (χ1n) is 9.50. The predicted molar refractivity (Wildman–Crippen MR) is 108 cm³/mol. The zero-order valence-electron chi connectivity index (χ0n) is 16.2. The van der Waals surface area contributed by atoms with Gasteiger partial charge in [0.25, 0.3) is 5.91 Å². The summed E-state index contributed by atoms with van der Waals surface area (Å²) in [5.74, 6) is 2.66. The van der Waals surface area contributed by atoms with Crippen molar-refractivity contribution in [3.63, 3.8) is 0 Å². The molecular weight excluding hydrogens is 376 g/mol. The third-order valence-electron chi connectivity index (χ3n) is 4.90. The number of nitrogens with zero attached hydrogens (tertiary/aromatic N) is 2. The van der Waals surface area contributed by atoms with Crippen LogP contribution in [-0.2, 0) is 0 Å². The molecule has 1 aliphatic heterocycles. The number of hydrogen-bond donors (Lipinski definition) is 2. The molecule has 1 fully saturated rings. The molecule has 1 saturated heterocycles. The average Bonchev–Trinajstić information content (AvgIpc) is 2.88. The van der Waals surface area contributed by atoms with E-state index >= 15 is 0 Å². The number of anilines is 2. The molecule has 0 saturated carbocycles. The second-order valence-electron chi connectivity index (χ2n) is 6.97. The molecule has 1 amide bonds. The van der Waals surface area contributed by atoms with E-state index in [-0.39, 0.29) is 31.9 Å².